The fourth-order valence-electron chi connectivity index (χ4n) is 2.83. The number of methoxy groups -OCH3 is 1. The van der Waals surface area contributed by atoms with Gasteiger partial charge in [0.1, 0.15) is 21.7 Å². The van der Waals surface area contributed by atoms with Crippen LogP contribution in [0.4, 0.5) is 5.00 Å². The first-order valence-electron chi connectivity index (χ1n) is 9.44. The number of nitrogens with zero attached hydrogens (tertiary/aromatic N) is 3. The third-order valence-corrected chi connectivity index (χ3v) is 5.54. The molecule has 0 saturated carbocycles. The highest BCUT2D eigenvalue weighted by Crippen LogP contribution is 2.33. The molecule has 9 nitrogen and oxygen atoms in total. The first kappa shape index (κ1) is 22.0. The molecule has 0 aliphatic rings. The number of aryl methyl sites for hydroxylation is 1. The van der Waals surface area contributed by atoms with Crippen LogP contribution in [0.25, 0.3) is 11.4 Å². The average Bonchev–Trinajstić information content (AvgIpc) is 3.36. The van der Waals surface area contributed by atoms with E-state index in [9.17, 15) is 14.9 Å². The predicted octanol–water partition coefficient (Wildman–Crippen LogP) is 3.73. The van der Waals surface area contributed by atoms with Crippen molar-refractivity contribution in [1.82, 2.24) is 10.1 Å². The summed E-state index contributed by atoms with van der Waals surface area (Å²) in [4.78, 5) is 29.1. The van der Waals surface area contributed by atoms with Crippen LogP contribution in [0, 0.1) is 18.3 Å². The molecule has 0 atom stereocenters. The molecule has 0 radical (unpaired) electrons. The molecule has 3 rings (SSSR count). The SMILES string of the molecule is CCOC(=O)c1sc(NC(=O)CCc2nc(-c3ccccc3OC)no2)c(C#N)c1C. The van der Waals surface area contributed by atoms with Gasteiger partial charge >= 0.3 is 5.97 Å². The summed E-state index contributed by atoms with van der Waals surface area (Å²) >= 11 is 1.02. The maximum Gasteiger partial charge on any atom is 0.348 e. The number of amides is 1. The van der Waals surface area contributed by atoms with Gasteiger partial charge in [0.05, 0.1) is 24.8 Å². The number of carbonyl (C=O) groups is 2. The van der Waals surface area contributed by atoms with E-state index in [1.807, 2.05) is 24.3 Å². The molecule has 0 saturated heterocycles. The Bertz CT molecular complexity index is 1150. The number of aromatic nitrogens is 2. The third kappa shape index (κ3) is 4.90. The van der Waals surface area contributed by atoms with E-state index in [0.29, 0.717) is 38.5 Å². The number of nitrogens with one attached hydrogen (secondary N) is 1. The molecule has 0 fully saturated rings. The third-order valence-electron chi connectivity index (χ3n) is 4.35. The number of para-hydroxylation sites is 1. The van der Waals surface area contributed by atoms with Crippen molar-refractivity contribution in [2.75, 3.05) is 19.0 Å². The number of esters is 1. The lowest BCUT2D eigenvalue weighted by atomic mass is 10.1. The van der Waals surface area contributed by atoms with Crippen molar-refractivity contribution < 1.29 is 23.6 Å². The van der Waals surface area contributed by atoms with Gasteiger partial charge in [0.25, 0.3) is 0 Å². The van der Waals surface area contributed by atoms with Crippen molar-refractivity contribution in [2.24, 2.45) is 0 Å². The Morgan fingerprint density at radius 2 is 2.10 bits per heavy atom. The number of nitriles is 1. The van der Waals surface area contributed by atoms with E-state index in [1.165, 1.54) is 0 Å². The Labute approximate surface area is 182 Å². The normalized spacial score (nSPS) is 10.4. The van der Waals surface area contributed by atoms with Gasteiger partial charge in [-0.3, -0.25) is 4.79 Å². The standard InChI is InChI=1S/C21H20N4O5S/c1-4-29-21(27)18-12(2)14(11-22)20(31-18)23-16(26)9-10-17-24-19(25-30-17)13-7-5-6-8-15(13)28-3/h5-8H,4,9-10H2,1-3H3,(H,23,26). The molecule has 1 aromatic carbocycles. The Hall–Kier alpha value is -3.71. The number of carbonyl (C=O) groups excluding carboxylic acids is 2. The quantitative estimate of drug-likeness (QED) is 0.525. The monoisotopic (exact) mass is 440 g/mol. The zero-order valence-electron chi connectivity index (χ0n) is 17.2. The Balaban J connectivity index is 1.66. The molecule has 31 heavy (non-hydrogen) atoms. The molecule has 0 aliphatic carbocycles. The summed E-state index contributed by atoms with van der Waals surface area (Å²) in [5.74, 6) is 0.419. The number of benzene rings is 1. The van der Waals surface area contributed by atoms with Gasteiger partial charge in [0.2, 0.25) is 17.6 Å². The van der Waals surface area contributed by atoms with Crippen LogP contribution < -0.4 is 10.1 Å². The molecular weight excluding hydrogens is 420 g/mol. The van der Waals surface area contributed by atoms with Gasteiger partial charge in [-0.1, -0.05) is 17.3 Å². The molecular formula is C21H20N4O5S. The average molecular weight is 440 g/mol. The molecule has 2 heterocycles. The van der Waals surface area contributed by atoms with Gasteiger partial charge in [0.15, 0.2) is 0 Å². The van der Waals surface area contributed by atoms with E-state index in [2.05, 4.69) is 15.5 Å². The van der Waals surface area contributed by atoms with Crippen LogP contribution in [0.2, 0.25) is 0 Å². The first-order valence-corrected chi connectivity index (χ1v) is 10.3. The van der Waals surface area contributed by atoms with Crippen molar-refractivity contribution in [3.05, 3.63) is 46.2 Å². The molecule has 10 heteroatoms. The summed E-state index contributed by atoms with van der Waals surface area (Å²) < 4.78 is 15.5. The zero-order valence-corrected chi connectivity index (χ0v) is 18.0. The van der Waals surface area contributed by atoms with Gasteiger partial charge in [-0.2, -0.15) is 10.2 Å². The van der Waals surface area contributed by atoms with E-state index in [0.717, 1.165) is 11.3 Å². The highest BCUT2D eigenvalue weighted by atomic mass is 32.1. The molecule has 3 aromatic rings. The molecule has 0 unspecified atom stereocenters. The van der Waals surface area contributed by atoms with Crippen molar-refractivity contribution in [3.8, 4) is 23.2 Å². The lowest BCUT2D eigenvalue weighted by Crippen LogP contribution is -2.12. The summed E-state index contributed by atoms with van der Waals surface area (Å²) in [5, 5.41) is 16.4. The van der Waals surface area contributed by atoms with Crippen molar-refractivity contribution in [1.29, 1.82) is 5.26 Å². The predicted molar refractivity (Wildman–Crippen MR) is 113 cm³/mol. The van der Waals surface area contributed by atoms with Gasteiger partial charge in [-0.15, -0.1) is 11.3 Å². The van der Waals surface area contributed by atoms with Crippen molar-refractivity contribution >= 4 is 28.2 Å². The minimum atomic E-state index is -0.517. The van der Waals surface area contributed by atoms with Crippen LogP contribution >= 0.6 is 11.3 Å². The lowest BCUT2D eigenvalue weighted by molar-refractivity contribution is -0.116. The van der Waals surface area contributed by atoms with Gasteiger partial charge in [0, 0.05) is 12.8 Å². The minimum Gasteiger partial charge on any atom is -0.496 e. The maximum atomic E-state index is 12.4. The number of ether oxygens (including phenoxy) is 2. The van der Waals surface area contributed by atoms with Crippen LogP contribution in [-0.4, -0.2) is 35.7 Å². The van der Waals surface area contributed by atoms with Crippen LogP contribution in [0.3, 0.4) is 0 Å². The minimum absolute atomic E-state index is 0.0596. The molecule has 2 aromatic heterocycles. The number of hydrogen-bond acceptors (Lipinski definition) is 9. The van der Waals surface area contributed by atoms with E-state index in [4.69, 9.17) is 14.0 Å². The number of thiophene rings is 1. The smallest absolute Gasteiger partial charge is 0.348 e. The van der Waals surface area contributed by atoms with E-state index in [1.54, 1.807) is 27.0 Å². The summed E-state index contributed by atoms with van der Waals surface area (Å²) in [6.45, 7) is 3.57. The highest BCUT2D eigenvalue weighted by Gasteiger charge is 2.22. The second-order valence-corrected chi connectivity index (χ2v) is 7.37. The van der Waals surface area contributed by atoms with Gasteiger partial charge in [-0.25, -0.2) is 4.79 Å². The number of anilines is 1. The zero-order chi connectivity index (χ0) is 22.4. The molecule has 0 spiro atoms. The first-order chi connectivity index (χ1) is 15.0. The molecule has 0 bridgehead atoms. The van der Waals surface area contributed by atoms with E-state index >= 15 is 0 Å². The van der Waals surface area contributed by atoms with Crippen LogP contribution in [-0.2, 0) is 16.0 Å². The Kier molecular flexibility index (Phi) is 6.99. The van der Waals surface area contributed by atoms with Gasteiger partial charge < -0.3 is 19.3 Å². The van der Waals surface area contributed by atoms with Crippen LogP contribution in [0.1, 0.15) is 40.0 Å². The highest BCUT2D eigenvalue weighted by molar-refractivity contribution is 7.18. The molecule has 1 amide bonds. The summed E-state index contributed by atoms with van der Waals surface area (Å²) in [7, 11) is 1.55. The van der Waals surface area contributed by atoms with E-state index in [-0.39, 0.29) is 30.9 Å². The fourth-order valence-corrected chi connectivity index (χ4v) is 3.90. The Morgan fingerprint density at radius 3 is 2.81 bits per heavy atom. The largest absolute Gasteiger partial charge is 0.496 e. The summed E-state index contributed by atoms with van der Waals surface area (Å²) in [6, 6.07) is 9.30. The second-order valence-electron chi connectivity index (χ2n) is 6.35. The number of hydrogen-bond donors (Lipinski definition) is 1. The second kappa shape index (κ2) is 9.86. The number of rotatable bonds is 8. The van der Waals surface area contributed by atoms with Gasteiger partial charge in [-0.05, 0) is 31.5 Å². The molecule has 0 aliphatic heterocycles. The Morgan fingerprint density at radius 1 is 1.32 bits per heavy atom. The fraction of sp³-hybridized carbons (Fsp3) is 0.286. The van der Waals surface area contributed by atoms with Crippen molar-refractivity contribution in [3.63, 3.8) is 0 Å². The summed E-state index contributed by atoms with van der Waals surface area (Å²) in [5.41, 5.74) is 1.42. The molecule has 160 valence electrons. The maximum absolute atomic E-state index is 12.4. The summed E-state index contributed by atoms with van der Waals surface area (Å²) in [6.07, 6.45) is 0.273. The van der Waals surface area contributed by atoms with E-state index < -0.39 is 5.97 Å². The van der Waals surface area contributed by atoms with Crippen LogP contribution in [0.5, 0.6) is 5.75 Å². The topological polar surface area (TPSA) is 127 Å². The van der Waals surface area contributed by atoms with Crippen LogP contribution in [0.15, 0.2) is 28.8 Å². The lowest BCUT2D eigenvalue weighted by Gasteiger charge is -2.03. The molecule has 1 N–H and O–H groups in total. The van der Waals surface area contributed by atoms with Crippen molar-refractivity contribution in [2.45, 2.75) is 26.7 Å².